The first-order chi connectivity index (χ1) is 13.7. The van der Waals surface area contributed by atoms with E-state index < -0.39 is 0 Å². The molecule has 0 saturated carbocycles. The lowest BCUT2D eigenvalue weighted by Gasteiger charge is -2.34. The molecule has 154 valence electrons. The molecule has 0 heterocycles. The van der Waals surface area contributed by atoms with Crippen molar-refractivity contribution in [3.8, 4) is 11.1 Å². The minimum Gasteiger partial charge on any atom is -0.416 e. The molecule has 0 saturated heterocycles. The molecule has 0 bridgehead atoms. The van der Waals surface area contributed by atoms with Crippen LogP contribution >= 0.6 is 0 Å². The van der Waals surface area contributed by atoms with E-state index in [0.717, 1.165) is 12.8 Å². The van der Waals surface area contributed by atoms with Gasteiger partial charge in [-0.15, -0.1) is 0 Å². The summed E-state index contributed by atoms with van der Waals surface area (Å²) in [4.78, 5) is 0. The molecule has 1 aliphatic rings. The quantitative estimate of drug-likeness (QED) is 0.410. The van der Waals surface area contributed by atoms with Crippen LogP contribution in [0.15, 0.2) is 48.5 Å². The highest BCUT2D eigenvalue weighted by Crippen LogP contribution is 2.49. The SMILES string of the molecule is CCC(C)(C)[Si]OCC1(CO[Si]C(C)(C)CC)c2ccccc2-c2ccccc21. The first kappa shape index (κ1) is 22.5. The van der Waals surface area contributed by atoms with Gasteiger partial charge >= 0.3 is 0 Å². The van der Waals surface area contributed by atoms with E-state index in [1.807, 2.05) is 0 Å². The number of hydrogen-bond acceptors (Lipinski definition) is 2. The summed E-state index contributed by atoms with van der Waals surface area (Å²) >= 11 is 0. The van der Waals surface area contributed by atoms with Crippen LogP contribution in [0.25, 0.3) is 11.1 Å². The van der Waals surface area contributed by atoms with Crippen molar-refractivity contribution < 1.29 is 8.85 Å². The van der Waals surface area contributed by atoms with E-state index >= 15 is 0 Å². The van der Waals surface area contributed by atoms with Crippen LogP contribution in [-0.4, -0.2) is 32.7 Å². The molecule has 2 nitrogen and oxygen atoms in total. The monoisotopic (exact) mass is 422 g/mol. The fourth-order valence-electron chi connectivity index (χ4n) is 3.62. The third-order valence-electron chi connectivity index (χ3n) is 6.28. The maximum absolute atomic E-state index is 6.45. The normalized spacial score (nSPS) is 15.2. The highest BCUT2D eigenvalue weighted by atomic mass is 28.2. The number of benzene rings is 2. The van der Waals surface area contributed by atoms with Crippen molar-refractivity contribution in [2.75, 3.05) is 13.2 Å². The van der Waals surface area contributed by atoms with Gasteiger partial charge in [-0.25, -0.2) is 0 Å². The molecule has 4 radical (unpaired) electrons. The Kier molecular flexibility index (Phi) is 6.89. The number of hydrogen-bond donors (Lipinski definition) is 0. The second kappa shape index (κ2) is 8.88. The first-order valence-electron chi connectivity index (χ1n) is 10.7. The summed E-state index contributed by atoms with van der Waals surface area (Å²) in [6, 6.07) is 17.6. The van der Waals surface area contributed by atoms with Gasteiger partial charge in [0, 0.05) is 13.2 Å². The van der Waals surface area contributed by atoms with Gasteiger partial charge in [0.05, 0.1) is 5.41 Å². The molecule has 0 aromatic heterocycles. The Morgan fingerprint density at radius 1 is 0.690 bits per heavy atom. The minimum absolute atomic E-state index is 0.214. The highest BCUT2D eigenvalue weighted by Gasteiger charge is 2.44. The van der Waals surface area contributed by atoms with Crippen molar-refractivity contribution in [1.29, 1.82) is 0 Å². The lowest BCUT2D eigenvalue weighted by Crippen LogP contribution is -2.39. The van der Waals surface area contributed by atoms with E-state index in [1.165, 1.54) is 22.3 Å². The third-order valence-corrected chi connectivity index (χ3v) is 8.67. The van der Waals surface area contributed by atoms with E-state index in [0.29, 0.717) is 32.7 Å². The summed E-state index contributed by atoms with van der Waals surface area (Å²) in [5.74, 6) is 0. The second-order valence-electron chi connectivity index (χ2n) is 9.43. The molecule has 3 rings (SSSR count). The van der Waals surface area contributed by atoms with Crippen LogP contribution in [-0.2, 0) is 14.3 Å². The second-order valence-corrected chi connectivity index (χ2v) is 13.1. The van der Waals surface area contributed by atoms with Crippen LogP contribution in [0.4, 0.5) is 0 Å². The zero-order valence-electron chi connectivity index (χ0n) is 18.8. The largest absolute Gasteiger partial charge is 0.416 e. The van der Waals surface area contributed by atoms with E-state index in [2.05, 4.69) is 90.1 Å². The van der Waals surface area contributed by atoms with Crippen molar-refractivity contribution in [3.63, 3.8) is 0 Å². The molecule has 0 fully saturated rings. The lowest BCUT2D eigenvalue weighted by molar-refractivity contribution is 0.172. The van der Waals surface area contributed by atoms with E-state index in [4.69, 9.17) is 8.85 Å². The van der Waals surface area contributed by atoms with Crippen molar-refractivity contribution in [2.45, 2.75) is 69.9 Å². The van der Waals surface area contributed by atoms with Crippen LogP contribution in [0.3, 0.4) is 0 Å². The number of rotatable bonds is 10. The minimum atomic E-state index is -0.235. The lowest BCUT2D eigenvalue weighted by atomic mass is 9.80. The van der Waals surface area contributed by atoms with Crippen LogP contribution in [0, 0.1) is 0 Å². The molecule has 1 aliphatic carbocycles. The molecule has 0 aliphatic heterocycles. The van der Waals surface area contributed by atoms with Gasteiger partial charge in [0.2, 0.25) is 19.5 Å². The Bertz CT molecular complexity index is 760. The van der Waals surface area contributed by atoms with Gasteiger partial charge in [-0.1, -0.05) is 103 Å². The van der Waals surface area contributed by atoms with E-state index in [-0.39, 0.29) is 15.5 Å². The van der Waals surface area contributed by atoms with Gasteiger partial charge in [-0.05, 0) is 32.3 Å². The molecule has 2 aromatic rings. The molecule has 29 heavy (non-hydrogen) atoms. The van der Waals surface area contributed by atoms with Gasteiger partial charge < -0.3 is 8.85 Å². The Balaban J connectivity index is 1.94. The van der Waals surface area contributed by atoms with E-state index in [1.54, 1.807) is 0 Å². The van der Waals surface area contributed by atoms with Crippen LogP contribution in [0.1, 0.15) is 65.5 Å². The van der Waals surface area contributed by atoms with Crippen LogP contribution in [0.5, 0.6) is 0 Å². The topological polar surface area (TPSA) is 18.5 Å². The van der Waals surface area contributed by atoms with Gasteiger partial charge in [-0.3, -0.25) is 0 Å². The summed E-state index contributed by atoms with van der Waals surface area (Å²) in [5, 5.41) is 0.428. The first-order valence-corrected chi connectivity index (χ1v) is 12.5. The smallest absolute Gasteiger partial charge is 0.236 e. The summed E-state index contributed by atoms with van der Waals surface area (Å²) in [6.07, 6.45) is 2.24. The molecule has 4 heteroatoms. The Morgan fingerprint density at radius 2 is 1.07 bits per heavy atom. The highest BCUT2D eigenvalue weighted by molar-refractivity contribution is 6.32. The molecule has 0 atom stereocenters. The molecule has 2 aromatic carbocycles. The molecular weight excluding hydrogens is 388 g/mol. The van der Waals surface area contributed by atoms with Gasteiger partial charge in [0.25, 0.3) is 0 Å². The fourth-order valence-corrected chi connectivity index (χ4v) is 5.33. The van der Waals surface area contributed by atoms with Crippen molar-refractivity contribution in [3.05, 3.63) is 59.7 Å². The standard InChI is InChI=1S/C25H34O2Si2/c1-7-23(3,4)28-26-17-25(18-27-29-24(5,6)8-2)21-15-11-9-13-19(21)20-14-10-12-16-22(20)25/h9-16H,7-8,17-18H2,1-6H3. The fraction of sp³-hybridized carbons (Fsp3) is 0.520. The predicted octanol–water partition coefficient (Wildman–Crippen LogP) is 6.44. The maximum Gasteiger partial charge on any atom is 0.236 e. The molecule has 0 unspecified atom stereocenters. The molecule has 0 amide bonds. The maximum atomic E-state index is 6.45. The van der Waals surface area contributed by atoms with Crippen LogP contribution < -0.4 is 0 Å². The average Bonchev–Trinajstić information content (AvgIpc) is 2.99. The molecule has 0 spiro atoms. The summed E-state index contributed by atoms with van der Waals surface area (Å²) in [6.45, 7) is 15.0. The van der Waals surface area contributed by atoms with Gasteiger partial charge in [-0.2, -0.15) is 0 Å². The van der Waals surface area contributed by atoms with Gasteiger partial charge in [0.1, 0.15) is 0 Å². The average molecular weight is 423 g/mol. The zero-order chi connectivity index (χ0) is 21.1. The Morgan fingerprint density at radius 3 is 1.45 bits per heavy atom. The van der Waals surface area contributed by atoms with Crippen molar-refractivity contribution >= 4 is 19.5 Å². The van der Waals surface area contributed by atoms with Crippen molar-refractivity contribution in [1.82, 2.24) is 0 Å². The summed E-state index contributed by atoms with van der Waals surface area (Å²) < 4.78 is 12.9. The van der Waals surface area contributed by atoms with Gasteiger partial charge in [0.15, 0.2) is 0 Å². The zero-order valence-corrected chi connectivity index (χ0v) is 20.8. The Labute approximate surface area is 182 Å². The van der Waals surface area contributed by atoms with Crippen molar-refractivity contribution in [2.24, 2.45) is 0 Å². The number of fused-ring (bicyclic) bond motifs is 3. The van der Waals surface area contributed by atoms with Crippen LogP contribution in [0.2, 0.25) is 10.1 Å². The molecular formula is C25H34O2Si2. The Hall–Kier alpha value is -1.21. The third kappa shape index (κ3) is 4.76. The van der Waals surface area contributed by atoms with E-state index in [9.17, 15) is 0 Å². The molecule has 0 N–H and O–H groups in total. The summed E-state index contributed by atoms with van der Waals surface area (Å²) in [5.41, 5.74) is 5.11. The predicted molar refractivity (Wildman–Crippen MR) is 125 cm³/mol. The summed E-state index contributed by atoms with van der Waals surface area (Å²) in [7, 11) is 0.963.